The summed E-state index contributed by atoms with van der Waals surface area (Å²) < 4.78 is 0. The van der Waals surface area contributed by atoms with E-state index < -0.39 is 0 Å². The van der Waals surface area contributed by atoms with Crippen molar-refractivity contribution in [2.75, 3.05) is 0 Å². The first kappa shape index (κ1) is 32.3. The fraction of sp³-hybridized carbons (Fsp3) is 0.296. The van der Waals surface area contributed by atoms with Crippen LogP contribution in [0, 0.1) is 41.5 Å². The minimum Gasteiger partial charge on any atom is -1.00 e. The van der Waals surface area contributed by atoms with Crippen LogP contribution in [0.15, 0.2) is 46.4 Å². The molecule has 0 aliphatic carbocycles. The second-order valence-electron chi connectivity index (χ2n) is 8.44. The Kier molecular flexibility index (Phi) is 12.8. The zero-order valence-corrected chi connectivity index (χ0v) is 24.2. The fourth-order valence-electron chi connectivity index (χ4n) is 4.02. The van der Waals surface area contributed by atoms with Gasteiger partial charge in [0.05, 0.1) is 34.2 Å². The van der Waals surface area contributed by atoms with Crippen molar-refractivity contribution >= 4 is 34.4 Å². The molecule has 0 radical (unpaired) electrons. The maximum atomic E-state index is 6.46. The van der Waals surface area contributed by atoms with Crippen LogP contribution in [0.2, 0.25) is 5.02 Å². The van der Waals surface area contributed by atoms with Crippen LogP contribution in [0.5, 0.6) is 0 Å². The molecule has 0 saturated heterocycles. The molecular weight excluding hydrogens is 529 g/mol. The average Bonchev–Trinajstić information content (AvgIpc) is 2.66. The van der Waals surface area contributed by atoms with Crippen LogP contribution in [-0.2, 0) is 17.1 Å². The third-order valence-electron chi connectivity index (χ3n) is 5.36. The number of hydrogen-bond acceptors (Lipinski definition) is 3. The van der Waals surface area contributed by atoms with Crippen LogP contribution in [-0.4, -0.2) is 16.4 Å². The van der Waals surface area contributed by atoms with E-state index in [4.69, 9.17) is 26.6 Å². The summed E-state index contributed by atoms with van der Waals surface area (Å²) in [6.07, 6.45) is 0. The largest absolute Gasteiger partial charge is 2.00 e. The van der Waals surface area contributed by atoms with E-state index in [1.165, 1.54) is 11.1 Å². The first-order valence-electron chi connectivity index (χ1n) is 10.5. The van der Waals surface area contributed by atoms with E-state index in [1.54, 1.807) is 0 Å². The number of pyridine rings is 1. The fourth-order valence-corrected chi connectivity index (χ4v) is 4.22. The third kappa shape index (κ3) is 7.66. The van der Waals surface area contributed by atoms with Crippen molar-refractivity contribution in [3.8, 4) is 0 Å². The van der Waals surface area contributed by atoms with Gasteiger partial charge in [0, 0.05) is 5.02 Å². The Balaban J connectivity index is 0.00000363. The van der Waals surface area contributed by atoms with Gasteiger partial charge < -0.3 is 24.8 Å². The standard InChI is InChI=1S/C27H30ClN3.2ClH.Fe/c1-15-9-17(3)26(18(4)10-15)29-21(7)24-13-23(28)14-25(31-24)22(8)30-27-19(5)11-16(2)12-20(27)6;;;/h9-14H,1-8H3;2*1H;/q;;;+2/p-2. The van der Waals surface area contributed by atoms with Crippen molar-refractivity contribution in [1.29, 1.82) is 0 Å². The predicted octanol–water partition coefficient (Wildman–Crippen LogP) is 1.87. The molecule has 1 heterocycles. The van der Waals surface area contributed by atoms with E-state index in [0.717, 1.165) is 56.4 Å². The summed E-state index contributed by atoms with van der Waals surface area (Å²) in [6.45, 7) is 16.5. The molecule has 1 aromatic heterocycles. The molecule has 34 heavy (non-hydrogen) atoms. The van der Waals surface area contributed by atoms with Gasteiger partial charge >= 0.3 is 17.1 Å². The Morgan fingerprint density at radius 2 is 0.912 bits per heavy atom. The van der Waals surface area contributed by atoms with Crippen molar-refractivity contribution in [1.82, 2.24) is 4.98 Å². The second-order valence-corrected chi connectivity index (χ2v) is 8.88. The molecule has 0 unspecified atom stereocenters. The summed E-state index contributed by atoms with van der Waals surface area (Å²) in [5.74, 6) is 0. The quantitative estimate of drug-likeness (QED) is 0.356. The molecule has 0 saturated carbocycles. The minimum absolute atomic E-state index is 0. The monoisotopic (exact) mass is 557 g/mol. The zero-order chi connectivity index (χ0) is 22.9. The van der Waals surface area contributed by atoms with Gasteiger partial charge in [-0.05, 0) is 89.8 Å². The van der Waals surface area contributed by atoms with E-state index in [-0.39, 0.29) is 41.9 Å². The average molecular weight is 559 g/mol. The number of hydrogen-bond donors (Lipinski definition) is 0. The Labute approximate surface area is 231 Å². The van der Waals surface area contributed by atoms with Crippen molar-refractivity contribution in [3.05, 3.63) is 86.2 Å². The topological polar surface area (TPSA) is 37.6 Å². The van der Waals surface area contributed by atoms with Gasteiger partial charge in [-0.2, -0.15) is 0 Å². The number of benzene rings is 2. The molecule has 0 N–H and O–H groups in total. The Morgan fingerprint density at radius 1 is 0.618 bits per heavy atom. The Morgan fingerprint density at radius 3 is 1.21 bits per heavy atom. The number of aliphatic imine (C=N–C) groups is 2. The number of rotatable bonds is 4. The molecule has 0 aliphatic rings. The number of nitrogens with zero attached hydrogens (tertiary/aromatic N) is 3. The van der Waals surface area contributed by atoms with Gasteiger partial charge in [0.1, 0.15) is 0 Å². The van der Waals surface area contributed by atoms with Crippen LogP contribution in [0.25, 0.3) is 0 Å². The van der Waals surface area contributed by atoms with E-state index in [9.17, 15) is 0 Å². The summed E-state index contributed by atoms with van der Waals surface area (Å²) in [5, 5.41) is 0.624. The van der Waals surface area contributed by atoms with Gasteiger partial charge in [-0.1, -0.05) is 47.0 Å². The molecule has 0 bridgehead atoms. The number of halogens is 3. The molecule has 3 rings (SSSR count). The molecule has 3 aromatic rings. The molecule has 2 aromatic carbocycles. The molecule has 0 amide bonds. The Bertz CT molecular complexity index is 1100. The molecule has 0 aliphatic heterocycles. The van der Waals surface area contributed by atoms with E-state index in [2.05, 4.69) is 65.8 Å². The Hall–Kier alpha value is -1.68. The van der Waals surface area contributed by atoms with E-state index >= 15 is 0 Å². The summed E-state index contributed by atoms with van der Waals surface area (Å²) >= 11 is 6.46. The molecule has 182 valence electrons. The van der Waals surface area contributed by atoms with E-state index in [1.807, 2.05) is 26.0 Å². The van der Waals surface area contributed by atoms with Crippen molar-refractivity contribution in [2.24, 2.45) is 9.98 Å². The SMILES string of the molecule is CC(=Nc1c(C)cc(C)cc1C)c1cc(Cl)cc(C(C)=Nc2c(C)cc(C)cc2C)n1.[Cl-].[Cl-].[Fe+2]. The molecule has 0 spiro atoms. The summed E-state index contributed by atoms with van der Waals surface area (Å²) in [7, 11) is 0. The summed E-state index contributed by atoms with van der Waals surface area (Å²) in [6, 6.07) is 12.3. The van der Waals surface area contributed by atoms with E-state index in [0.29, 0.717) is 5.02 Å². The van der Waals surface area contributed by atoms with Crippen LogP contribution in [0.3, 0.4) is 0 Å². The van der Waals surface area contributed by atoms with Gasteiger partial charge in [0.25, 0.3) is 0 Å². The second kappa shape index (κ2) is 13.4. The molecular formula is C27H30Cl3FeN3. The van der Waals surface area contributed by atoms with Gasteiger partial charge in [-0.15, -0.1) is 0 Å². The van der Waals surface area contributed by atoms with Crippen LogP contribution in [0.4, 0.5) is 11.4 Å². The number of aryl methyl sites for hydroxylation is 6. The van der Waals surface area contributed by atoms with Crippen molar-refractivity contribution < 1.29 is 41.9 Å². The van der Waals surface area contributed by atoms with Gasteiger partial charge in [-0.3, -0.25) is 9.98 Å². The van der Waals surface area contributed by atoms with Crippen molar-refractivity contribution in [2.45, 2.75) is 55.4 Å². The summed E-state index contributed by atoms with van der Waals surface area (Å²) in [5.41, 5.74) is 12.2. The maximum Gasteiger partial charge on any atom is 2.00 e. The van der Waals surface area contributed by atoms with Gasteiger partial charge in [0.15, 0.2) is 0 Å². The van der Waals surface area contributed by atoms with Crippen molar-refractivity contribution in [3.63, 3.8) is 0 Å². The third-order valence-corrected chi connectivity index (χ3v) is 5.58. The first-order chi connectivity index (χ1) is 14.5. The van der Waals surface area contributed by atoms with Crippen LogP contribution in [0.1, 0.15) is 58.6 Å². The van der Waals surface area contributed by atoms with Gasteiger partial charge in [0.2, 0.25) is 0 Å². The maximum absolute atomic E-state index is 6.46. The summed E-state index contributed by atoms with van der Waals surface area (Å²) in [4.78, 5) is 14.6. The first-order valence-corrected chi connectivity index (χ1v) is 10.9. The minimum atomic E-state index is 0. The smallest absolute Gasteiger partial charge is 1.00 e. The zero-order valence-electron chi connectivity index (χ0n) is 20.8. The predicted molar refractivity (Wildman–Crippen MR) is 134 cm³/mol. The molecule has 0 fully saturated rings. The number of aromatic nitrogens is 1. The molecule has 0 atom stereocenters. The normalized spacial score (nSPS) is 11.3. The van der Waals surface area contributed by atoms with Crippen LogP contribution >= 0.6 is 11.6 Å². The van der Waals surface area contributed by atoms with Crippen LogP contribution < -0.4 is 24.8 Å². The molecule has 7 heteroatoms. The molecule has 3 nitrogen and oxygen atoms in total. The van der Waals surface area contributed by atoms with Gasteiger partial charge in [-0.25, -0.2) is 4.98 Å².